The van der Waals surface area contributed by atoms with Crippen LogP contribution in [0.2, 0.25) is 6.82 Å². The number of rotatable bonds is 10. The fourth-order valence-corrected chi connectivity index (χ4v) is 4.21. The summed E-state index contributed by atoms with van der Waals surface area (Å²) in [7, 11) is -0.683. The molecule has 3 N–H and O–H groups in total. The molecule has 0 bridgehead atoms. The zero-order valence-corrected chi connectivity index (χ0v) is 18.4. The number of halogens is 3. The number of hydrogen-bond acceptors (Lipinski definition) is 7. The number of alkyl halides is 3. The van der Waals surface area contributed by atoms with E-state index in [1.807, 2.05) is 0 Å². The summed E-state index contributed by atoms with van der Waals surface area (Å²) in [6.45, 7) is 8.14. The fraction of sp³-hybridized carbons (Fsp3) is 0.600. The van der Waals surface area contributed by atoms with E-state index in [1.54, 1.807) is 18.4 Å². The molecule has 1 atom stereocenters. The van der Waals surface area contributed by atoms with Crippen molar-refractivity contribution in [3.63, 3.8) is 0 Å². The van der Waals surface area contributed by atoms with E-state index in [0.29, 0.717) is 61.5 Å². The molecule has 1 heterocycles. The average molecular weight is 451 g/mol. The first-order valence-electron chi connectivity index (χ1n) is 10.8. The summed E-state index contributed by atoms with van der Waals surface area (Å²) < 4.78 is 42.7. The van der Waals surface area contributed by atoms with Gasteiger partial charge in [0.1, 0.15) is 0 Å². The molecule has 174 valence electrons. The van der Waals surface area contributed by atoms with E-state index in [0.717, 1.165) is 18.4 Å². The van der Waals surface area contributed by atoms with Crippen molar-refractivity contribution in [2.75, 3.05) is 18.4 Å². The van der Waals surface area contributed by atoms with Crippen LogP contribution in [0.1, 0.15) is 53.4 Å². The molecule has 0 spiro atoms. The van der Waals surface area contributed by atoms with E-state index in [9.17, 15) is 18.2 Å². The first kappa shape index (κ1) is 24.2. The van der Waals surface area contributed by atoms with Gasteiger partial charge in [-0.15, -0.1) is 5.10 Å². The molecule has 12 heteroatoms. The van der Waals surface area contributed by atoms with Crippen molar-refractivity contribution in [3.8, 4) is 0 Å². The Morgan fingerprint density at radius 2 is 2.03 bits per heavy atom. The Hall–Kier alpha value is -2.47. The fourth-order valence-electron chi connectivity index (χ4n) is 4.21. The summed E-state index contributed by atoms with van der Waals surface area (Å²) in [5, 5.41) is 27.9. The molecule has 0 radical (unpaired) electrons. The van der Waals surface area contributed by atoms with Gasteiger partial charge < -0.3 is 15.6 Å². The summed E-state index contributed by atoms with van der Waals surface area (Å²) in [4.78, 5) is 3.85. The molecule has 0 saturated carbocycles. The third-order valence-electron chi connectivity index (χ3n) is 5.69. The molecule has 0 saturated heterocycles. The Balaban J connectivity index is 1.99. The number of hydrogen-bond donors (Lipinski definition) is 3. The van der Waals surface area contributed by atoms with Gasteiger partial charge in [-0.2, -0.15) is 13.2 Å². The average Bonchev–Trinajstić information content (AvgIpc) is 3.20. The van der Waals surface area contributed by atoms with Crippen LogP contribution < -0.4 is 10.5 Å². The molecule has 0 fully saturated rings. The predicted octanol–water partition coefficient (Wildman–Crippen LogP) is 2.82. The molecule has 1 aliphatic carbocycles. The summed E-state index contributed by atoms with van der Waals surface area (Å²) in [6, 6.07) is 0.866. The Morgan fingerprint density at radius 1 is 1.31 bits per heavy atom. The van der Waals surface area contributed by atoms with Crippen LogP contribution >= 0.6 is 0 Å². The molecule has 8 nitrogen and oxygen atoms in total. The molecule has 0 amide bonds. The number of benzene rings is 1. The number of aromatic nitrogens is 4. The highest BCUT2D eigenvalue weighted by Crippen LogP contribution is 2.42. The zero-order valence-electron chi connectivity index (χ0n) is 18.4. The van der Waals surface area contributed by atoms with Crippen molar-refractivity contribution >= 4 is 19.5 Å². The van der Waals surface area contributed by atoms with Crippen molar-refractivity contribution in [3.05, 3.63) is 34.1 Å². The summed E-state index contributed by atoms with van der Waals surface area (Å²) in [6.07, 6.45) is -1.27. The van der Waals surface area contributed by atoms with E-state index in [4.69, 9.17) is 0 Å². The highest BCUT2D eigenvalue weighted by molar-refractivity contribution is 6.45. The van der Waals surface area contributed by atoms with Gasteiger partial charge in [0.05, 0.1) is 24.7 Å². The quantitative estimate of drug-likeness (QED) is 0.380. The summed E-state index contributed by atoms with van der Waals surface area (Å²) in [5.74, 6) is 0.560. The lowest BCUT2D eigenvalue weighted by molar-refractivity contribution is -0.138. The maximum absolute atomic E-state index is 13.7. The van der Waals surface area contributed by atoms with E-state index >= 15 is 0 Å². The highest BCUT2D eigenvalue weighted by atomic mass is 19.4. The van der Waals surface area contributed by atoms with Gasteiger partial charge in [-0.25, -0.2) is 4.68 Å². The second-order valence-electron chi connectivity index (χ2n) is 8.10. The third kappa shape index (κ3) is 5.66. The van der Waals surface area contributed by atoms with E-state index < -0.39 is 18.8 Å². The smallest absolute Gasteiger partial charge is 0.416 e. The molecular formula is C20H29BF3N7O. The lowest BCUT2D eigenvalue weighted by atomic mass is 9.84. The van der Waals surface area contributed by atoms with E-state index in [1.165, 1.54) is 6.07 Å². The molecule has 32 heavy (non-hydrogen) atoms. The van der Waals surface area contributed by atoms with Gasteiger partial charge in [0.15, 0.2) is 5.82 Å². The minimum Gasteiger partial charge on any atom is -0.437 e. The van der Waals surface area contributed by atoms with Crippen LogP contribution in [0, 0.1) is 6.92 Å². The SMILES string of the molecule is C=NCCn1nnnc1C(CCNB(C)O)Nc1c(C)cc(C(F)(F)F)c2c1CCCC2. The Labute approximate surface area is 185 Å². The number of nitrogens with zero attached hydrogens (tertiary/aromatic N) is 5. The third-order valence-corrected chi connectivity index (χ3v) is 5.69. The van der Waals surface area contributed by atoms with Gasteiger partial charge in [0.25, 0.3) is 0 Å². The summed E-state index contributed by atoms with van der Waals surface area (Å²) >= 11 is 0. The van der Waals surface area contributed by atoms with Crippen molar-refractivity contribution in [2.45, 2.75) is 64.6 Å². The second kappa shape index (κ2) is 10.4. The van der Waals surface area contributed by atoms with Crippen molar-refractivity contribution in [1.82, 2.24) is 25.4 Å². The van der Waals surface area contributed by atoms with Crippen LogP contribution in [0.25, 0.3) is 0 Å². The molecule has 1 aromatic carbocycles. The maximum Gasteiger partial charge on any atom is 0.416 e. The Kier molecular flexibility index (Phi) is 7.89. The van der Waals surface area contributed by atoms with Gasteiger partial charge in [0, 0.05) is 5.69 Å². The van der Waals surface area contributed by atoms with Crippen LogP contribution in [0.4, 0.5) is 18.9 Å². The lowest BCUT2D eigenvalue weighted by Gasteiger charge is -2.28. The van der Waals surface area contributed by atoms with Crippen molar-refractivity contribution in [2.24, 2.45) is 4.99 Å². The van der Waals surface area contributed by atoms with Gasteiger partial charge in [-0.05, 0) is 92.3 Å². The molecule has 0 aliphatic heterocycles. The van der Waals surface area contributed by atoms with E-state index in [-0.39, 0.29) is 6.04 Å². The number of aryl methyl sites for hydroxylation is 1. The second-order valence-corrected chi connectivity index (χ2v) is 8.10. The molecule has 1 unspecified atom stereocenters. The minimum absolute atomic E-state index is 0.373. The first-order valence-corrected chi connectivity index (χ1v) is 10.8. The molecule has 3 rings (SSSR count). The number of nitrogens with one attached hydrogen (secondary N) is 2. The molecule has 2 aromatic rings. The Bertz CT molecular complexity index is 933. The molecular weight excluding hydrogens is 422 g/mol. The predicted molar refractivity (Wildman–Crippen MR) is 118 cm³/mol. The van der Waals surface area contributed by atoms with Crippen LogP contribution in [0.15, 0.2) is 11.1 Å². The molecule has 1 aromatic heterocycles. The number of anilines is 1. The largest absolute Gasteiger partial charge is 0.437 e. The number of aliphatic imine (C=N–C) groups is 1. The van der Waals surface area contributed by atoms with Crippen LogP contribution in [0.3, 0.4) is 0 Å². The van der Waals surface area contributed by atoms with Gasteiger partial charge >= 0.3 is 13.2 Å². The topological polar surface area (TPSA) is 100 Å². The lowest BCUT2D eigenvalue weighted by Crippen LogP contribution is -2.33. The van der Waals surface area contributed by atoms with Crippen LogP contribution in [0.5, 0.6) is 0 Å². The summed E-state index contributed by atoms with van der Waals surface area (Å²) in [5.41, 5.74) is 1.82. The van der Waals surface area contributed by atoms with Gasteiger partial charge in [-0.3, -0.25) is 4.99 Å². The Morgan fingerprint density at radius 3 is 2.69 bits per heavy atom. The minimum atomic E-state index is -4.38. The van der Waals surface area contributed by atoms with Gasteiger partial charge in [-0.1, -0.05) is 0 Å². The van der Waals surface area contributed by atoms with Gasteiger partial charge in [0.2, 0.25) is 0 Å². The number of tetrazole rings is 1. The first-order chi connectivity index (χ1) is 15.2. The standard InChI is InChI=1S/C20H29BF3N7O/c1-13-12-16(20(22,23)24)14-6-4-5-7-15(14)18(13)27-17(8-9-26-21(2)32)19-28-29-30-31(19)11-10-25-3/h12,17,26-27,32H,3-11H2,1-2H3. The van der Waals surface area contributed by atoms with E-state index in [2.05, 4.69) is 37.8 Å². The zero-order chi connectivity index (χ0) is 23.3. The highest BCUT2D eigenvalue weighted by Gasteiger charge is 2.36. The molecule has 1 aliphatic rings. The normalized spacial score (nSPS) is 14.7. The monoisotopic (exact) mass is 451 g/mol. The number of fused-ring (bicyclic) bond motifs is 1. The van der Waals surface area contributed by atoms with Crippen LogP contribution in [-0.4, -0.2) is 52.1 Å². The van der Waals surface area contributed by atoms with Crippen LogP contribution in [-0.2, 0) is 25.6 Å². The van der Waals surface area contributed by atoms with Crippen molar-refractivity contribution < 1.29 is 18.2 Å². The van der Waals surface area contributed by atoms with Crippen molar-refractivity contribution in [1.29, 1.82) is 0 Å². The maximum atomic E-state index is 13.7.